The van der Waals surface area contributed by atoms with E-state index in [1.165, 1.54) is 12.4 Å². The predicted octanol–water partition coefficient (Wildman–Crippen LogP) is 1.31. The minimum Gasteiger partial charge on any atom is -0.390 e. The van der Waals surface area contributed by atoms with Gasteiger partial charge in [0, 0.05) is 19.0 Å². The van der Waals surface area contributed by atoms with Crippen molar-refractivity contribution >= 4 is 38.3 Å². The Hall–Kier alpha value is -3.32. The van der Waals surface area contributed by atoms with E-state index in [1.54, 1.807) is 0 Å². The summed E-state index contributed by atoms with van der Waals surface area (Å²) in [5, 5.41) is 28.5. The van der Waals surface area contributed by atoms with E-state index >= 15 is 0 Å². The van der Waals surface area contributed by atoms with E-state index in [9.17, 15) is 28.2 Å². The standard InChI is InChI=1S/C25H30N4O6S2/c1-29(37(2,34)35)25-28-20(16-36-25)24(33)27-19(13-17-9-5-3-6-10-17)23(32)21(30)14-22(31)26-15-18-11-7-4-8-12-18/h3-12,16,19,21,23,30,32H,13-15H2,1-2H3,(H,26,31)(H,27,33)/t19-,21+,23+/m0/s1. The Balaban J connectivity index is 1.69. The van der Waals surface area contributed by atoms with Crippen LogP contribution in [0.1, 0.15) is 28.0 Å². The van der Waals surface area contributed by atoms with E-state index < -0.39 is 40.1 Å². The minimum atomic E-state index is -3.55. The number of benzene rings is 2. The third-order valence-electron chi connectivity index (χ3n) is 5.64. The molecule has 0 bridgehead atoms. The first-order chi connectivity index (χ1) is 17.5. The summed E-state index contributed by atoms with van der Waals surface area (Å²) in [6.45, 7) is 0.279. The molecule has 198 valence electrons. The predicted molar refractivity (Wildman–Crippen MR) is 142 cm³/mol. The van der Waals surface area contributed by atoms with E-state index in [4.69, 9.17) is 0 Å². The van der Waals surface area contributed by atoms with Gasteiger partial charge < -0.3 is 20.8 Å². The Bertz CT molecular complexity index is 1280. The van der Waals surface area contributed by atoms with E-state index in [2.05, 4.69) is 15.6 Å². The lowest BCUT2D eigenvalue weighted by Crippen LogP contribution is -2.50. The molecule has 0 saturated heterocycles. The molecule has 2 amide bonds. The van der Waals surface area contributed by atoms with Crippen LogP contribution >= 0.6 is 11.3 Å². The molecule has 37 heavy (non-hydrogen) atoms. The molecule has 0 spiro atoms. The summed E-state index contributed by atoms with van der Waals surface area (Å²) < 4.78 is 24.5. The van der Waals surface area contributed by atoms with Crippen molar-refractivity contribution in [3.05, 3.63) is 82.9 Å². The van der Waals surface area contributed by atoms with Crippen LogP contribution in [0, 0.1) is 0 Å². The number of hydrogen-bond acceptors (Lipinski definition) is 8. The number of aliphatic hydroxyl groups is 2. The third kappa shape index (κ3) is 8.35. The van der Waals surface area contributed by atoms with E-state index in [0.29, 0.717) is 0 Å². The van der Waals surface area contributed by atoms with Gasteiger partial charge in [-0.1, -0.05) is 60.7 Å². The zero-order valence-corrected chi connectivity index (χ0v) is 22.1. The normalized spacial score (nSPS) is 13.8. The Kier molecular flexibility index (Phi) is 9.75. The van der Waals surface area contributed by atoms with Crippen molar-refractivity contribution in [2.45, 2.75) is 37.6 Å². The molecule has 0 radical (unpaired) electrons. The number of hydrogen-bond donors (Lipinski definition) is 4. The summed E-state index contributed by atoms with van der Waals surface area (Å²) in [6, 6.07) is 17.4. The van der Waals surface area contributed by atoms with E-state index in [1.807, 2.05) is 60.7 Å². The van der Waals surface area contributed by atoms with Crippen LogP contribution in [0.3, 0.4) is 0 Å². The second-order valence-electron chi connectivity index (χ2n) is 8.54. The molecule has 10 nitrogen and oxygen atoms in total. The van der Waals surface area contributed by atoms with Crippen LogP contribution in [0.4, 0.5) is 5.13 Å². The van der Waals surface area contributed by atoms with Gasteiger partial charge in [0.2, 0.25) is 15.9 Å². The molecule has 3 atom stereocenters. The van der Waals surface area contributed by atoms with Crippen LogP contribution in [-0.2, 0) is 27.8 Å². The van der Waals surface area contributed by atoms with E-state index in [-0.39, 0.29) is 30.2 Å². The summed E-state index contributed by atoms with van der Waals surface area (Å²) in [6.07, 6.45) is -2.08. The van der Waals surface area contributed by atoms with Crippen molar-refractivity contribution in [2.24, 2.45) is 0 Å². The number of rotatable bonds is 12. The van der Waals surface area contributed by atoms with Crippen molar-refractivity contribution in [2.75, 3.05) is 17.6 Å². The summed E-state index contributed by atoms with van der Waals surface area (Å²) >= 11 is 0.981. The highest BCUT2D eigenvalue weighted by Crippen LogP contribution is 2.22. The second-order valence-corrected chi connectivity index (χ2v) is 11.4. The number of aromatic nitrogens is 1. The fraction of sp³-hybridized carbons (Fsp3) is 0.320. The minimum absolute atomic E-state index is 0.0316. The average Bonchev–Trinajstić information content (AvgIpc) is 3.37. The molecule has 3 aromatic rings. The Morgan fingerprint density at radius 3 is 2.22 bits per heavy atom. The number of carbonyl (C=O) groups excluding carboxylic acids is 2. The van der Waals surface area contributed by atoms with Gasteiger partial charge in [-0.05, 0) is 17.5 Å². The number of anilines is 1. The molecule has 2 aromatic carbocycles. The smallest absolute Gasteiger partial charge is 0.271 e. The quantitative estimate of drug-likeness (QED) is 0.268. The fourth-order valence-electron chi connectivity index (χ4n) is 3.47. The lowest BCUT2D eigenvalue weighted by Gasteiger charge is -2.27. The maximum absolute atomic E-state index is 12.9. The van der Waals surface area contributed by atoms with Crippen molar-refractivity contribution in [3.8, 4) is 0 Å². The van der Waals surface area contributed by atoms with Crippen molar-refractivity contribution in [1.82, 2.24) is 15.6 Å². The molecule has 0 fully saturated rings. The number of aliphatic hydroxyl groups excluding tert-OH is 2. The zero-order chi connectivity index (χ0) is 27.0. The SMILES string of the molecule is CN(c1nc(C(=O)N[C@@H](Cc2ccccc2)[C@@H](O)[C@H](O)CC(=O)NCc2ccccc2)cs1)S(C)(=O)=O. The summed E-state index contributed by atoms with van der Waals surface area (Å²) in [4.78, 5) is 29.4. The molecule has 0 saturated carbocycles. The Morgan fingerprint density at radius 1 is 1.03 bits per heavy atom. The lowest BCUT2D eigenvalue weighted by atomic mass is 9.96. The molecule has 0 aliphatic heterocycles. The third-order valence-corrected chi connectivity index (χ3v) is 7.84. The van der Waals surface area contributed by atoms with Crippen molar-refractivity contribution in [3.63, 3.8) is 0 Å². The van der Waals surface area contributed by atoms with Gasteiger partial charge in [-0.3, -0.25) is 9.59 Å². The maximum Gasteiger partial charge on any atom is 0.271 e. The molecule has 0 aliphatic carbocycles. The van der Waals surface area contributed by atoms with Gasteiger partial charge in [-0.2, -0.15) is 0 Å². The second kappa shape index (κ2) is 12.8. The number of nitrogens with zero attached hydrogens (tertiary/aromatic N) is 2. The van der Waals surface area contributed by atoms with Gasteiger partial charge in [0.25, 0.3) is 5.91 Å². The topological polar surface area (TPSA) is 149 Å². The highest BCUT2D eigenvalue weighted by Gasteiger charge is 2.30. The highest BCUT2D eigenvalue weighted by molar-refractivity contribution is 7.92. The molecule has 0 aliphatic rings. The van der Waals surface area contributed by atoms with Gasteiger partial charge in [0.15, 0.2) is 5.13 Å². The van der Waals surface area contributed by atoms with Crippen LogP contribution in [0.2, 0.25) is 0 Å². The Labute approximate surface area is 220 Å². The number of sulfonamides is 1. The summed E-state index contributed by atoms with van der Waals surface area (Å²) in [5.41, 5.74) is 1.66. The monoisotopic (exact) mass is 546 g/mol. The molecule has 1 aromatic heterocycles. The zero-order valence-electron chi connectivity index (χ0n) is 20.4. The van der Waals surface area contributed by atoms with Crippen LogP contribution < -0.4 is 14.9 Å². The molecular formula is C25H30N4O6S2. The number of thiazole rings is 1. The van der Waals surface area contributed by atoms with Gasteiger partial charge in [0.1, 0.15) is 11.8 Å². The van der Waals surface area contributed by atoms with Gasteiger partial charge in [0.05, 0.1) is 24.8 Å². The van der Waals surface area contributed by atoms with Gasteiger partial charge in [-0.25, -0.2) is 17.7 Å². The fourth-order valence-corrected chi connectivity index (χ4v) is 5.01. The first kappa shape index (κ1) is 28.3. The Morgan fingerprint density at radius 2 is 1.62 bits per heavy atom. The van der Waals surface area contributed by atoms with Crippen molar-refractivity contribution < 1.29 is 28.2 Å². The maximum atomic E-state index is 12.9. The first-order valence-corrected chi connectivity index (χ1v) is 14.2. The molecule has 0 unspecified atom stereocenters. The van der Waals surface area contributed by atoms with Crippen LogP contribution in [0.25, 0.3) is 0 Å². The van der Waals surface area contributed by atoms with Crippen molar-refractivity contribution in [1.29, 1.82) is 0 Å². The van der Waals surface area contributed by atoms with Gasteiger partial charge in [-0.15, -0.1) is 11.3 Å². The summed E-state index contributed by atoms with van der Waals surface area (Å²) in [5.74, 6) is -1.10. The van der Waals surface area contributed by atoms with Crippen LogP contribution in [0.15, 0.2) is 66.0 Å². The lowest BCUT2D eigenvalue weighted by molar-refractivity contribution is -0.125. The molecular weight excluding hydrogens is 516 g/mol. The van der Waals surface area contributed by atoms with Crippen LogP contribution in [-0.4, -0.2) is 67.0 Å². The number of nitrogens with one attached hydrogen (secondary N) is 2. The van der Waals surface area contributed by atoms with E-state index in [0.717, 1.165) is 33.0 Å². The number of amides is 2. The van der Waals surface area contributed by atoms with Crippen LogP contribution in [0.5, 0.6) is 0 Å². The van der Waals surface area contributed by atoms with Gasteiger partial charge >= 0.3 is 0 Å². The highest BCUT2D eigenvalue weighted by atomic mass is 32.2. The molecule has 4 N–H and O–H groups in total. The molecule has 1 heterocycles. The average molecular weight is 547 g/mol. The first-order valence-electron chi connectivity index (χ1n) is 11.5. The molecule has 12 heteroatoms. The number of carbonyl (C=O) groups is 2. The summed E-state index contributed by atoms with van der Waals surface area (Å²) in [7, 11) is -2.22. The molecule has 3 rings (SSSR count). The largest absolute Gasteiger partial charge is 0.390 e.